The molecule has 1 heterocycles. The second kappa shape index (κ2) is 7.20. The fourth-order valence-corrected chi connectivity index (χ4v) is 2.69. The molecule has 0 amide bonds. The predicted molar refractivity (Wildman–Crippen MR) is 87.4 cm³/mol. The van der Waals surface area contributed by atoms with Gasteiger partial charge in [-0.3, -0.25) is 0 Å². The van der Waals surface area contributed by atoms with Gasteiger partial charge in [0.2, 0.25) is 5.84 Å². The van der Waals surface area contributed by atoms with Crippen molar-refractivity contribution in [2.24, 2.45) is 11.1 Å². The summed E-state index contributed by atoms with van der Waals surface area (Å²) in [5.74, 6) is 1.40. The van der Waals surface area contributed by atoms with Crippen LogP contribution in [0.4, 0.5) is 0 Å². The van der Waals surface area contributed by atoms with Gasteiger partial charge in [-0.1, -0.05) is 51.0 Å². The van der Waals surface area contributed by atoms with E-state index in [4.69, 9.17) is 0 Å². The van der Waals surface area contributed by atoms with E-state index in [0.717, 1.165) is 18.4 Å². The molecule has 5 nitrogen and oxygen atoms in total. The van der Waals surface area contributed by atoms with Gasteiger partial charge in [0.05, 0.1) is 0 Å². The van der Waals surface area contributed by atoms with Crippen molar-refractivity contribution in [3.63, 3.8) is 0 Å². The molecule has 0 spiro atoms. The smallest absolute Gasteiger partial charge is 0.201 e. The Morgan fingerprint density at radius 2 is 2.05 bits per heavy atom. The SMILES string of the molecule is CC(C)CCc1cccc(C(=NO)n2cncn2)c1C(C)C. The summed E-state index contributed by atoms with van der Waals surface area (Å²) in [5, 5.41) is 17.0. The second-order valence-electron chi connectivity index (χ2n) is 6.23. The molecule has 0 bridgehead atoms. The molecule has 1 aromatic heterocycles. The standard InChI is InChI=1S/C17H24N4O/c1-12(2)8-9-14-6-5-7-15(16(14)13(3)4)17(20-22)21-11-18-10-19-21/h5-7,10-13,22H,8-9H2,1-4H3. The number of hydrogen-bond donors (Lipinski definition) is 1. The average Bonchev–Trinajstić information content (AvgIpc) is 2.99. The van der Waals surface area contributed by atoms with Crippen molar-refractivity contribution < 1.29 is 5.21 Å². The molecule has 0 aliphatic rings. The topological polar surface area (TPSA) is 63.3 Å². The minimum Gasteiger partial charge on any atom is -0.409 e. The van der Waals surface area contributed by atoms with E-state index >= 15 is 0 Å². The van der Waals surface area contributed by atoms with Crippen LogP contribution < -0.4 is 0 Å². The minimum absolute atomic E-state index is 0.332. The van der Waals surface area contributed by atoms with E-state index in [1.807, 2.05) is 12.1 Å². The third-order valence-electron chi connectivity index (χ3n) is 3.74. The van der Waals surface area contributed by atoms with Crippen LogP contribution in [0.15, 0.2) is 36.0 Å². The molecule has 0 aliphatic carbocycles. The summed E-state index contributed by atoms with van der Waals surface area (Å²) in [6.45, 7) is 8.78. The number of benzene rings is 1. The minimum atomic E-state index is 0.332. The Morgan fingerprint density at radius 1 is 1.27 bits per heavy atom. The summed E-state index contributed by atoms with van der Waals surface area (Å²) in [7, 11) is 0. The van der Waals surface area contributed by atoms with E-state index in [9.17, 15) is 5.21 Å². The maximum absolute atomic E-state index is 9.47. The molecule has 0 unspecified atom stereocenters. The van der Waals surface area contributed by atoms with Gasteiger partial charge in [-0.05, 0) is 35.8 Å². The Hall–Kier alpha value is -2.17. The van der Waals surface area contributed by atoms with Gasteiger partial charge in [0.15, 0.2) is 0 Å². The van der Waals surface area contributed by atoms with Crippen LogP contribution in [0.3, 0.4) is 0 Å². The molecular formula is C17H24N4O. The van der Waals surface area contributed by atoms with E-state index in [2.05, 4.69) is 49.0 Å². The summed E-state index contributed by atoms with van der Waals surface area (Å²) >= 11 is 0. The number of nitrogens with zero attached hydrogens (tertiary/aromatic N) is 4. The highest BCUT2D eigenvalue weighted by Gasteiger charge is 2.18. The normalized spacial score (nSPS) is 12.4. The predicted octanol–water partition coefficient (Wildman–Crippen LogP) is 3.67. The first-order chi connectivity index (χ1) is 10.5. The molecular weight excluding hydrogens is 276 g/mol. The molecule has 0 saturated heterocycles. The van der Waals surface area contributed by atoms with Crippen molar-refractivity contribution in [2.45, 2.75) is 46.5 Å². The van der Waals surface area contributed by atoms with Gasteiger partial charge in [0.25, 0.3) is 0 Å². The van der Waals surface area contributed by atoms with Crippen LogP contribution in [0.2, 0.25) is 0 Å². The third-order valence-corrected chi connectivity index (χ3v) is 3.74. The lowest BCUT2D eigenvalue weighted by Crippen LogP contribution is -2.18. The zero-order valence-corrected chi connectivity index (χ0v) is 13.7. The molecule has 0 fully saturated rings. The van der Waals surface area contributed by atoms with Gasteiger partial charge in [0.1, 0.15) is 12.7 Å². The van der Waals surface area contributed by atoms with Crippen molar-refractivity contribution in [1.29, 1.82) is 0 Å². The fraction of sp³-hybridized carbons (Fsp3) is 0.471. The molecule has 118 valence electrons. The molecule has 1 aromatic carbocycles. The summed E-state index contributed by atoms with van der Waals surface area (Å²) in [4.78, 5) is 3.93. The number of oxime groups is 1. The van der Waals surface area contributed by atoms with Gasteiger partial charge in [-0.2, -0.15) is 9.78 Å². The zero-order valence-electron chi connectivity index (χ0n) is 13.7. The molecule has 2 aromatic rings. The largest absolute Gasteiger partial charge is 0.409 e. The molecule has 22 heavy (non-hydrogen) atoms. The fourth-order valence-electron chi connectivity index (χ4n) is 2.69. The first kappa shape index (κ1) is 16.2. The monoisotopic (exact) mass is 300 g/mol. The van der Waals surface area contributed by atoms with Crippen molar-refractivity contribution in [2.75, 3.05) is 0 Å². The third kappa shape index (κ3) is 3.53. The summed E-state index contributed by atoms with van der Waals surface area (Å²) in [5.41, 5.74) is 3.43. The van der Waals surface area contributed by atoms with Crippen LogP contribution in [0.25, 0.3) is 0 Å². The Balaban J connectivity index is 2.49. The number of aryl methyl sites for hydroxylation is 1. The highest BCUT2D eigenvalue weighted by atomic mass is 16.4. The first-order valence-corrected chi connectivity index (χ1v) is 7.73. The number of hydrogen-bond acceptors (Lipinski definition) is 4. The van der Waals surface area contributed by atoms with Gasteiger partial charge in [-0.25, -0.2) is 4.98 Å². The van der Waals surface area contributed by atoms with Crippen LogP contribution in [0.1, 0.15) is 56.7 Å². The molecule has 0 aliphatic heterocycles. The number of rotatable bonds is 5. The molecule has 0 saturated carbocycles. The zero-order chi connectivity index (χ0) is 16.1. The van der Waals surface area contributed by atoms with Crippen molar-refractivity contribution in [3.05, 3.63) is 47.5 Å². The Bertz CT molecular complexity index is 630. The molecule has 1 N–H and O–H groups in total. The van der Waals surface area contributed by atoms with E-state index in [0.29, 0.717) is 17.7 Å². The van der Waals surface area contributed by atoms with Crippen LogP contribution in [0.5, 0.6) is 0 Å². The summed E-state index contributed by atoms with van der Waals surface area (Å²) in [6, 6.07) is 6.15. The van der Waals surface area contributed by atoms with Crippen LogP contribution in [0, 0.1) is 5.92 Å². The Labute approximate surface area is 131 Å². The van der Waals surface area contributed by atoms with Crippen molar-refractivity contribution in [1.82, 2.24) is 14.8 Å². The Morgan fingerprint density at radius 3 is 2.59 bits per heavy atom. The lowest BCUT2D eigenvalue weighted by atomic mass is 9.88. The van der Waals surface area contributed by atoms with Crippen LogP contribution >= 0.6 is 0 Å². The highest BCUT2D eigenvalue weighted by Crippen LogP contribution is 2.27. The lowest BCUT2D eigenvalue weighted by molar-refractivity contribution is 0.316. The molecule has 5 heteroatoms. The van der Waals surface area contributed by atoms with Crippen LogP contribution in [-0.4, -0.2) is 25.8 Å². The second-order valence-corrected chi connectivity index (χ2v) is 6.23. The summed E-state index contributed by atoms with van der Waals surface area (Å²) in [6.07, 6.45) is 5.13. The summed E-state index contributed by atoms with van der Waals surface area (Å²) < 4.78 is 1.49. The van der Waals surface area contributed by atoms with Gasteiger partial charge in [0, 0.05) is 5.56 Å². The van der Waals surface area contributed by atoms with E-state index in [1.165, 1.54) is 22.1 Å². The van der Waals surface area contributed by atoms with Gasteiger partial charge in [-0.15, -0.1) is 0 Å². The van der Waals surface area contributed by atoms with Crippen molar-refractivity contribution >= 4 is 5.84 Å². The molecule has 2 rings (SSSR count). The van der Waals surface area contributed by atoms with E-state index in [1.54, 1.807) is 6.33 Å². The quantitative estimate of drug-likeness (QED) is 0.396. The van der Waals surface area contributed by atoms with E-state index < -0.39 is 0 Å². The van der Waals surface area contributed by atoms with E-state index in [-0.39, 0.29) is 0 Å². The van der Waals surface area contributed by atoms with Crippen molar-refractivity contribution in [3.8, 4) is 0 Å². The maximum atomic E-state index is 9.47. The first-order valence-electron chi connectivity index (χ1n) is 7.73. The molecule has 0 radical (unpaired) electrons. The molecule has 0 atom stereocenters. The van der Waals surface area contributed by atoms with Gasteiger partial charge >= 0.3 is 0 Å². The van der Waals surface area contributed by atoms with Crippen LogP contribution in [-0.2, 0) is 6.42 Å². The lowest BCUT2D eigenvalue weighted by Gasteiger charge is -2.19. The maximum Gasteiger partial charge on any atom is 0.201 e. The number of aromatic nitrogens is 3. The highest BCUT2D eigenvalue weighted by molar-refractivity contribution is 6.01. The Kier molecular flexibility index (Phi) is 5.31. The average molecular weight is 300 g/mol. The van der Waals surface area contributed by atoms with Gasteiger partial charge < -0.3 is 5.21 Å².